The molecule has 1 aliphatic carbocycles. The Morgan fingerprint density at radius 3 is 2.83 bits per heavy atom. The number of amides is 1. The van der Waals surface area contributed by atoms with Crippen LogP contribution in [0.2, 0.25) is 0 Å². The van der Waals surface area contributed by atoms with Crippen LogP contribution >= 0.6 is 0 Å². The van der Waals surface area contributed by atoms with E-state index in [1.165, 1.54) is 23.8 Å². The molecule has 98 valence electrons. The third-order valence-corrected chi connectivity index (χ3v) is 3.43. The third-order valence-electron chi connectivity index (χ3n) is 3.43. The zero-order valence-corrected chi connectivity index (χ0v) is 10.3. The van der Waals surface area contributed by atoms with E-state index in [4.69, 9.17) is 5.11 Å². The van der Waals surface area contributed by atoms with E-state index in [-0.39, 0.29) is 12.5 Å². The lowest BCUT2D eigenvalue weighted by Gasteiger charge is -2.25. The minimum absolute atomic E-state index is 0.182. The molecule has 0 bridgehead atoms. The first-order valence-corrected chi connectivity index (χ1v) is 6.32. The molecule has 5 nitrogen and oxygen atoms in total. The van der Waals surface area contributed by atoms with Gasteiger partial charge in [-0.2, -0.15) is 0 Å². The van der Waals surface area contributed by atoms with Gasteiger partial charge in [-0.3, -0.25) is 9.59 Å². The Labute approximate surface area is 106 Å². The molecule has 0 spiro atoms. The highest BCUT2D eigenvalue weighted by Crippen LogP contribution is 2.28. The highest BCUT2D eigenvalue weighted by atomic mass is 16.4. The molecule has 1 fully saturated rings. The van der Waals surface area contributed by atoms with E-state index in [1.54, 1.807) is 18.3 Å². The van der Waals surface area contributed by atoms with Crippen LogP contribution in [0.4, 0.5) is 0 Å². The third kappa shape index (κ3) is 3.12. The summed E-state index contributed by atoms with van der Waals surface area (Å²) in [6.45, 7) is 0.486. The van der Waals surface area contributed by atoms with Gasteiger partial charge in [0.2, 0.25) is 0 Å². The first-order valence-electron chi connectivity index (χ1n) is 6.32. The minimum Gasteiger partial charge on any atom is -0.480 e. The molecule has 1 aliphatic rings. The normalized spacial score (nSPS) is 15.1. The van der Waals surface area contributed by atoms with Gasteiger partial charge >= 0.3 is 5.97 Å². The van der Waals surface area contributed by atoms with Crippen LogP contribution in [0.5, 0.6) is 0 Å². The van der Waals surface area contributed by atoms with Gasteiger partial charge in [-0.25, -0.2) is 0 Å². The number of carbonyl (C=O) groups is 2. The van der Waals surface area contributed by atoms with Crippen LogP contribution in [0.15, 0.2) is 18.3 Å². The second-order valence-corrected chi connectivity index (χ2v) is 4.76. The van der Waals surface area contributed by atoms with E-state index in [0.29, 0.717) is 12.2 Å². The monoisotopic (exact) mass is 250 g/mol. The molecule has 18 heavy (non-hydrogen) atoms. The van der Waals surface area contributed by atoms with Crippen molar-refractivity contribution in [3.05, 3.63) is 24.0 Å². The zero-order chi connectivity index (χ0) is 13.0. The molecule has 1 saturated carbocycles. The van der Waals surface area contributed by atoms with Crippen LogP contribution in [0, 0.1) is 5.92 Å². The highest BCUT2D eigenvalue weighted by Gasteiger charge is 2.18. The summed E-state index contributed by atoms with van der Waals surface area (Å²) >= 11 is 0. The maximum Gasteiger partial charge on any atom is 0.323 e. The molecule has 1 heterocycles. The number of nitrogens with zero attached hydrogens (tertiary/aromatic N) is 1. The number of nitrogens with one attached hydrogen (secondary N) is 1. The average molecular weight is 250 g/mol. The molecular formula is C13H18N2O3. The Balaban J connectivity index is 1.83. The maximum atomic E-state index is 11.9. The van der Waals surface area contributed by atoms with Crippen molar-refractivity contribution in [2.45, 2.75) is 32.2 Å². The van der Waals surface area contributed by atoms with E-state index < -0.39 is 5.97 Å². The van der Waals surface area contributed by atoms with Crippen LogP contribution in [0.1, 0.15) is 36.2 Å². The molecule has 5 heteroatoms. The second-order valence-electron chi connectivity index (χ2n) is 4.76. The van der Waals surface area contributed by atoms with Gasteiger partial charge in [-0.05, 0) is 24.5 Å². The zero-order valence-electron chi connectivity index (χ0n) is 10.3. The Morgan fingerprint density at radius 2 is 2.22 bits per heavy atom. The SMILES string of the molecule is O=C(O)Cn1cccc1C(=O)NCCC1CCC1. The van der Waals surface area contributed by atoms with Gasteiger partial charge in [0, 0.05) is 12.7 Å². The lowest BCUT2D eigenvalue weighted by atomic mass is 9.83. The highest BCUT2D eigenvalue weighted by molar-refractivity contribution is 5.93. The van der Waals surface area contributed by atoms with Crippen molar-refractivity contribution < 1.29 is 14.7 Å². The van der Waals surface area contributed by atoms with E-state index in [9.17, 15) is 9.59 Å². The van der Waals surface area contributed by atoms with E-state index in [0.717, 1.165) is 12.3 Å². The summed E-state index contributed by atoms with van der Waals surface area (Å²) in [5, 5.41) is 11.6. The quantitative estimate of drug-likeness (QED) is 0.803. The lowest BCUT2D eigenvalue weighted by molar-refractivity contribution is -0.137. The van der Waals surface area contributed by atoms with Gasteiger partial charge in [0.15, 0.2) is 0 Å². The smallest absolute Gasteiger partial charge is 0.323 e. The second kappa shape index (κ2) is 5.71. The summed E-state index contributed by atoms with van der Waals surface area (Å²) in [5.74, 6) is -0.383. The Morgan fingerprint density at radius 1 is 1.44 bits per heavy atom. The summed E-state index contributed by atoms with van der Waals surface area (Å²) in [6, 6.07) is 3.32. The summed E-state index contributed by atoms with van der Waals surface area (Å²) < 4.78 is 1.45. The number of aliphatic carboxylic acids is 1. The van der Waals surface area contributed by atoms with Gasteiger partial charge in [0.25, 0.3) is 5.91 Å². The number of aromatic nitrogens is 1. The van der Waals surface area contributed by atoms with Crippen LogP contribution in [-0.4, -0.2) is 28.1 Å². The predicted octanol–water partition coefficient (Wildman–Crippen LogP) is 1.49. The lowest BCUT2D eigenvalue weighted by Crippen LogP contribution is -2.29. The molecule has 0 aromatic carbocycles. The van der Waals surface area contributed by atoms with Crippen molar-refractivity contribution in [2.24, 2.45) is 5.92 Å². The maximum absolute atomic E-state index is 11.9. The van der Waals surface area contributed by atoms with Crippen molar-refractivity contribution in [3.8, 4) is 0 Å². The molecule has 0 saturated heterocycles. The Bertz CT molecular complexity index is 435. The molecule has 2 rings (SSSR count). The fourth-order valence-electron chi connectivity index (χ4n) is 2.17. The van der Waals surface area contributed by atoms with E-state index in [2.05, 4.69) is 5.32 Å². The van der Waals surface area contributed by atoms with Gasteiger partial charge in [-0.1, -0.05) is 19.3 Å². The topological polar surface area (TPSA) is 71.3 Å². The fourth-order valence-corrected chi connectivity index (χ4v) is 2.17. The van der Waals surface area contributed by atoms with Gasteiger partial charge in [0.05, 0.1) is 0 Å². The van der Waals surface area contributed by atoms with Crippen LogP contribution in [-0.2, 0) is 11.3 Å². The van der Waals surface area contributed by atoms with Gasteiger partial charge < -0.3 is 15.0 Å². The molecule has 2 N–H and O–H groups in total. The fraction of sp³-hybridized carbons (Fsp3) is 0.538. The Kier molecular flexibility index (Phi) is 4.02. The van der Waals surface area contributed by atoms with Crippen molar-refractivity contribution in [3.63, 3.8) is 0 Å². The van der Waals surface area contributed by atoms with Crippen molar-refractivity contribution in [2.75, 3.05) is 6.54 Å². The molecular weight excluding hydrogens is 232 g/mol. The van der Waals surface area contributed by atoms with E-state index >= 15 is 0 Å². The molecule has 0 unspecified atom stereocenters. The number of carboxylic acids is 1. The van der Waals surface area contributed by atoms with Crippen LogP contribution in [0.3, 0.4) is 0 Å². The molecule has 0 aliphatic heterocycles. The van der Waals surface area contributed by atoms with Crippen molar-refractivity contribution in [1.29, 1.82) is 0 Å². The van der Waals surface area contributed by atoms with Gasteiger partial charge in [0.1, 0.15) is 12.2 Å². The largest absolute Gasteiger partial charge is 0.480 e. The van der Waals surface area contributed by atoms with Gasteiger partial charge in [-0.15, -0.1) is 0 Å². The molecule has 1 aromatic heterocycles. The molecule has 1 amide bonds. The minimum atomic E-state index is -0.949. The summed E-state index contributed by atoms with van der Waals surface area (Å²) in [5.41, 5.74) is 0.408. The molecule has 0 atom stereocenters. The van der Waals surface area contributed by atoms with Crippen LogP contribution < -0.4 is 5.32 Å². The number of rotatable bonds is 6. The molecule has 1 aromatic rings. The molecule has 0 radical (unpaired) electrons. The Hall–Kier alpha value is -1.78. The first kappa shape index (κ1) is 12.7. The average Bonchev–Trinajstić information content (AvgIpc) is 2.68. The number of hydrogen-bond acceptors (Lipinski definition) is 2. The first-order chi connectivity index (χ1) is 8.66. The summed E-state index contributed by atoms with van der Waals surface area (Å²) in [7, 11) is 0. The van der Waals surface area contributed by atoms with Crippen LogP contribution in [0.25, 0.3) is 0 Å². The predicted molar refractivity (Wildman–Crippen MR) is 66.4 cm³/mol. The summed E-state index contributed by atoms with van der Waals surface area (Å²) in [4.78, 5) is 22.5. The van der Waals surface area contributed by atoms with Crippen molar-refractivity contribution >= 4 is 11.9 Å². The van der Waals surface area contributed by atoms with Crippen molar-refractivity contribution in [1.82, 2.24) is 9.88 Å². The van der Waals surface area contributed by atoms with E-state index in [1.807, 2.05) is 0 Å². The number of carboxylic acid groups (broad SMARTS) is 1. The summed E-state index contributed by atoms with van der Waals surface area (Å²) in [6.07, 6.45) is 6.47. The number of carbonyl (C=O) groups excluding carboxylic acids is 1. The standard InChI is InChI=1S/C13H18N2O3/c16-12(17)9-15-8-2-5-11(15)13(18)14-7-6-10-3-1-4-10/h2,5,8,10H,1,3-4,6-7,9H2,(H,14,18)(H,16,17). The number of hydrogen-bond donors (Lipinski definition) is 2.